The Morgan fingerprint density at radius 2 is 1.61 bits per heavy atom. The number of hydrogen-bond donors (Lipinski definition) is 2. The molecule has 0 aliphatic carbocycles. The summed E-state index contributed by atoms with van der Waals surface area (Å²) in [4.78, 5) is 36.9. The number of benzene rings is 2. The maximum atomic E-state index is 13.4. The van der Waals surface area contributed by atoms with Crippen LogP contribution in [0.4, 0.5) is 27.6 Å². The van der Waals surface area contributed by atoms with E-state index in [4.69, 9.17) is 15.6 Å². The van der Waals surface area contributed by atoms with Gasteiger partial charge in [-0.15, -0.1) is 0 Å². The van der Waals surface area contributed by atoms with Crippen LogP contribution in [0.1, 0.15) is 35.2 Å². The van der Waals surface area contributed by atoms with Gasteiger partial charge in [0.25, 0.3) is 5.91 Å². The zero-order valence-electron chi connectivity index (χ0n) is 19.5. The van der Waals surface area contributed by atoms with E-state index in [9.17, 15) is 31.5 Å². The molecule has 1 aliphatic heterocycles. The Labute approximate surface area is 204 Å². The zero-order chi connectivity index (χ0) is 27.2. The van der Waals surface area contributed by atoms with E-state index in [0.29, 0.717) is 24.2 Å². The summed E-state index contributed by atoms with van der Waals surface area (Å²) >= 11 is 0. The van der Waals surface area contributed by atoms with Gasteiger partial charge in [0, 0.05) is 30.8 Å². The van der Waals surface area contributed by atoms with E-state index in [1.807, 2.05) is 19.1 Å². The van der Waals surface area contributed by atoms with Crippen molar-refractivity contribution in [3.63, 3.8) is 0 Å². The van der Waals surface area contributed by atoms with E-state index in [1.54, 1.807) is 19.2 Å². The predicted molar refractivity (Wildman–Crippen MR) is 122 cm³/mol. The van der Waals surface area contributed by atoms with Crippen LogP contribution < -0.4 is 10.6 Å². The lowest BCUT2D eigenvalue weighted by Gasteiger charge is -2.25. The number of nitrogens with two attached hydrogens (primary N) is 1. The third-order valence-electron chi connectivity index (χ3n) is 5.71. The first-order chi connectivity index (χ1) is 16.7. The lowest BCUT2D eigenvalue weighted by Crippen LogP contribution is -2.45. The summed E-state index contributed by atoms with van der Waals surface area (Å²) in [7, 11) is 1.64. The normalized spacial score (nSPS) is 17.0. The molecule has 2 aromatic rings. The third kappa shape index (κ3) is 7.48. The molecule has 1 fully saturated rings. The number of likely N-dealkylation sites (tertiary alicyclic amines) is 1. The first-order valence-corrected chi connectivity index (χ1v) is 10.8. The summed E-state index contributed by atoms with van der Waals surface area (Å²) in [5, 5.41) is 7.12. The fourth-order valence-electron chi connectivity index (χ4n) is 3.45. The second kappa shape index (κ2) is 11.9. The van der Waals surface area contributed by atoms with Crippen LogP contribution >= 0.6 is 0 Å². The molecule has 2 amide bonds. The molecule has 0 bridgehead atoms. The Kier molecular flexibility index (Phi) is 9.51. The van der Waals surface area contributed by atoms with Crippen LogP contribution in [0.3, 0.4) is 0 Å². The molecule has 196 valence electrons. The standard InChI is InChI=1S/C22H25F2N3O2.C2HF3O2/c1-14(20(25)22(29)27-12-11-18(24)13-27)15-5-9-19(10-6-15)26(2)21(28)16-3-7-17(23)8-4-16;3-2(4,5)1(6)7/h3-10,14,18,20H,11-13,25H2,1-2H3;(H,6,7)/t14-,18-,20-;/m0./s1. The number of amides is 2. The number of anilines is 1. The first kappa shape index (κ1) is 28.7. The number of carbonyl (C=O) groups excluding carboxylic acids is 2. The molecule has 3 atom stereocenters. The topological polar surface area (TPSA) is 104 Å². The van der Waals surface area contributed by atoms with Crippen molar-refractivity contribution >= 4 is 23.5 Å². The van der Waals surface area contributed by atoms with E-state index < -0.39 is 30.2 Å². The highest BCUT2D eigenvalue weighted by atomic mass is 19.4. The van der Waals surface area contributed by atoms with E-state index in [-0.39, 0.29) is 24.3 Å². The molecule has 0 unspecified atom stereocenters. The molecular weight excluding hydrogens is 489 g/mol. The Hall–Kier alpha value is -3.54. The van der Waals surface area contributed by atoms with Crippen molar-refractivity contribution in [2.45, 2.75) is 37.7 Å². The molecule has 0 aromatic heterocycles. The summed E-state index contributed by atoms with van der Waals surface area (Å²) in [6.07, 6.45) is -5.70. The minimum absolute atomic E-state index is 0.106. The summed E-state index contributed by atoms with van der Waals surface area (Å²) in [5.74, 6) is -3.91. The van der Waals surface area contributed by atoms with Gasteiger partial charge < -0.3 is 20.6 Å². The number of carboxylic acids is 1. The Morgan fingerprint density at radius 3 is 2.06 bits per heavy atom. The second-order valence-corrected chi connectivity index (χ2v) is 8.25. The highest BCUT2D eigenvalue weighted by Gasteiger charge is 2.38. The van der Waals surface area contributed by atoms with E-state index in [1.165, 1.54) is 34.1 Å². The Bertz CT molecular complexity index is 1060. The highest BCUT2D eigenvalue weighted by molar-refractivity contribution is 6.05. The van der Waals surface area contributed by atoms with Crippen LogP contribution in [0.5, 0.6) is 0 Å². The fraction of sp³-hybridized carbons (Fsp3) is 0.375. The lowest BCUT2D eigenvalue weighted by atomic mass is 9.92. The summed E-state index contributed by atoms with van der Waals surface area (Å²) < 4.78 is 58.2. The third-order valence-corrected chi connectivity index (χ3v) is 5.71. The van der Waals surface area contributed by atoms with Gasteiger partial charge in [0.15, 0.2) is 0 Å². The molecule has 3 rings (SSSR count). The van der Waals surface area contributed by atoms with Gasteiger partial charge in [-0.1, -0.05) is 19.1 Å². The second-order valence-electron chi connectivity index (χ2n) is 8.25. The van der Waals surface area contributed by atoms with Crippen LogP contribution in [0.2, 0.25) is 0 Å². The average molecular weight is 515 g/mol. The number of rotatable bonds is 5. The molecule has 0 spiro atoms. The number of hydrogen-bond acceptors (Lipinski definition) is 4. The molecule has 0 radical (unpaired) electrons. The zero-order valence-corrected chi connectivity index (χ0v) is 19.5. The van der Waals surface area contributed by atoms with Crippen molar-refractivity contribution in [2.75, 3.05) is 25.0 Å². The molecule has 36 heavy (non-hydrogen) atoms. The highest BCUT2D eigenvalue weighted by Crippen LogP contribution is 2.25. The maximum Gasteiger partial charge on any atom is 0.490 e. The molecule has 1 aliphatic rings. The van der Waals surface area contributed by atoms with Gasteiger partial charge in [-0.2, -0.15) is 13.2 Å². The quantitative estimate of drug-likeness (QED) is 0.591. The number of nitrogens with zero attached hydrogens (tertiary/aromatic N) is 2. The van der Waals surface area contributed by atoms with Gasteiger partial charge in [-0.25, -0.2) is 13.6 Å². The minimum atomic E-state index is -5.08. The summed E-state index contributed by atoms with van der Waals surface area (Å²) in [6, 6.07) is 11.8. The van der Waals surface area contributed by atoms with Gasteiger partial charge in [0.05, 0.1) is 12.6 Å². The molecule has 7 nitrogen and oxygen atoms in total. The fourth-order valence-corrected chi connectivity index (χ4v) is 3.45. The Balaban J connectivity index is 0.000000572. The van der Waals surface area contributed by atoms with Crippen LogP contribution in [-0.4, -0.2) is 66.3 Å². The summed E-state index contributed by atoms with van der Waals surface area (Å²) in [5.41, 5.74) is 8.05. The lowest BCUT2D eigenvalue weighted by molar-refractivity contribution is -0.192. The number of aliphatic carboxylic acids is 1. The van der Waals surface area contributed by atoms with E-state index in [0.717, 1.165) is 5.56 Å². The monoisotopic (exact) mass is 515 g/mol. The van der Waals surface area contributed by atoms with Gasteiger partial charge in [0.1, 0.15) is 12.0 Å². The molecule has 12 heteroatoms. The minimum Gasteiger partial charge on any atom is -0.475 e. The van der Waals surface area contributed by atoms with Gasteiger partial charge in [-0.3, -0.25) is 9.59 Å². The van der Waals surface area contributed by atoms with Crippen LogP contribution in [0.15, 0.2) is 48.5 Å². The van der Waals surface area contributed by atoms with E-state index >= 15 is 0 Å². The average Bonchev–Trinajstić information content (AvgIpc) is 3.28. The van der Waals surface area contributed by atoms with Crippen LogP contribution in [-0.2, 0) is 9.59 Å². The smallest absolute Gasteiger partial charge is 0.475 e. The van der Waals surface area contributed by atoms with Gasteiger partial charge >= 0.3 is 12.1 Å². The SMILES string of the molecule is C[C@@H](c1ccc(N(C)C(=O)c2ccc(F)cc2)cc1)[C@H](N)C(=O)N1CC[C@H](F)C1.O=C(O)C(F)(F)F. The maximum absolute atomic E-state index is 13.4. The largest absolute Gasteiger partial charge is 0.490 e. The molecule has 0 saturated carbocycles. The predicted octanol–water partition coefficient (Wildman–Crippen LogP) is 3.74. The van der Waals surface area contributed by atoms with Gasteiger partial charge in [0.2, 0.25) is 5.91 Å². The number of halogens is 5. The molecule has 1 saturated heterocycles. The van der Waals surface area contributed by atoms with Crippen molar-refractivity contribution in [1.82, 2.24) is 4.90 Å². The van der Waals surface area contributed by atoms with Crippen molar-refractivity contribution < 1.29 is 41.4 Å². The van der Waals surface area contributed by atoms with Crippen molar-refractivity contribution in [3.05, 3.63) is 65.5 Å². The van der Waals surface area contributed by atoms with Crippen molar-refractivity contribution in [2.24, 2.45) is 5.73 Å². The molecular formula is C24H26F5N3O4. The van der Waals surface area contributed by atoms with E-state index in [2.05, 4.69) is 0 Å². The van der Waals surface area contributed by atoms with Crippen molar-refractivity contribution in [3.8, 4) is 0 Å². The van der Waals surface area contributed by atoms with Gasteiger partial charge in [-0.05, 0) is 48.4 Å². The number of alkyl halides is 4. The first-order valence-electron chi connectivity index (χ1n) is 10.8. The molecule has 1 heterocycles. The number of carbonyl (C=O) groups is 3. The van der Waals surface area contributed by atoms with Crippen LogP contribution in [0, 0.1) is 5.82 Å². The molecule has 3 N–H and O–H groups in total. The Morgan fingerprint density at radius 1 is 1.08 bits per heavy atom. The summed E-state index contributed by atoms with van der Waals surface area (Å²) in [6.45, 7) is 2.36. The van der Waals surface area contributed by atoms with Crippen LogP contribution in [0.25, 0.3) is 0 Å². The molecule has 2 aromatic carbocycles. The number of carboxylic acid groups (broad SMARTS) is 1. The van der Waals surface area contributed by atoms with Crippen molar-refractivity contribution in [1.29, 1.82) is 0 Å².